The topological polar surface area (TPSA) is 38.3 Å². The standard InChI is InChI=1S/C18H19BrClNO2/c1-3-4-9-23-17-8-6-13(19)10-15(17)18(22)21-14-7-5-12(2)16(20)11-14/h5-8,10-11H,3-4,9H2,1-2H3,(H,21,22). The molecule has 5 heteroatoms. The summed E-state index contributed by atoms with van der Waals surface area (Å²) in [4.78, 5) is 12.6. The average molecular weight is 397 g/mol. The van der Waals surface area contributed by atoms with E-state index < -0.39 is 0 Å². The molecule has 0 aliphatic heterocycles. The number of rotatable bonds is 6. The van der Waals surface area contributed by atoms with Crippen LogP contribution in [0.1, 0.15) is 35.7 Å². The Morgan fingerprint density at radius 3 is 2.74 bits per heavy atom. The third-order valence-electron chi connectivity index (χ3n) is 3.37. The molecule has 0 spiro atoms. The minimum atomic E-state index is -0.224. The summed E-state index contributed by atoms with van der Waals surface area (Å²) in [5.41, 5.74) is 2.12. The number of carbonyl (C=O) groups excluding carboxylic acids is 1. The molecule has 2 rings (SSSR count). The maximum absolute atomic E-state index is 12.6. The van der Waals surface area contributed by atoms with E-state index in [1.165, 1.54) is 0 Å². The van der Waals surface area contributed by atoms with Gasteiger partial charge in [0, 0.05) is 15.2 Å². The van der Waals surface area contributed by atoms with Crippen LogP contribution in [0.3, 0.4) is 0 Å². The molecule has 2 aromatic carbocycles. The van der Waals surface area contributed by atoms with E-state index in [9.17, 15) is 4.79 Å². The number of hydrogen-bond donors (Lipinski definition) is 1. The zero-order valence-electron chi connectivity index (χ0n) is 13.2. The van der Waals surface area contributed by atoms with Crippen LogP contribution in [0.4, 0.5) is 5.69 Å². The van der Waals surface area contributed by atoms with Crippen LogP contribution in [-0.4, -0.2) is 12.5 Å². The summed E-state index contributed by atoms with van der Waals surface area (Å²) in [5.74, 6) is 0.357. The molecule has 0 atom stereocenters. The van der Waals surface area contributed by atoms with Crippen LogP contribution in [0.2, 0.25) is 5.02 Å². The number of unbranched alkanes of at least 4 members (excludes halogenated alkanes) is 1. The van der Waals surface area contributed by atoms with Gasteiger partial charge in [0.2, 0.25) is 0 Å². The van der Waals surface area contributed by atoms with E-state index in [0.29, 0.717) is 28.6 Å². The molecule has 1 N–H and O–H groups in total. The molecule has 23 heavy (non-hydrogen) atoms. The molecule has 0 radical (unpaired) electrons. The monoisotopic (exact) mass is 395 g/mol. The van der Waals surface area contributed by atoms with Crippen molar-refractivity contribution in [2.45, 2.75) is 26.7 Å². The second-order valence-electron chi connectivity index (χ2n) is 5.26. The van der Waals surface area contributed by atoms with Crippen LogP contribution in [0, 0.1) is 6.92 Å². The predicted molar refractivity (Wildman–Crippen MR) is 98.7 cm³/mol. The zero-order valence-corrected chi connectivity index (χ0v) is 15.5. The SMILES string of the molecule is CCCCOc1ccc(Br)cc1C(=O)Nc1ccc(C)c(Cl)c1. The average Bonchev–Trinajstić information content (AvgIpc) is 2.52. The number of halogens is 2. The Labute approximate surface area is 150 Å². The highest BCUT2D eigenvalue weighted by atomic mass is 79.9. The Morgan fingerprint density at radius 1 is 1.26 bits per heavy atom. The number of aryl methyl sites for hydroxylation is 1. The summed E-state index contributed by atoms with van der Waals surface area (Å²) in [5, 5.41) is 3.48. The summed E-state index contributed by atoms with van der Waals surface area (Å²) in [6.45, 7) is 4.61. The lowest BCUT2D eigenvalue weighted by atomic mass is 10.1. The Balaban J connectivity index is 2.19. The maximum Gasteiger partial charge on any atom is 0.259 e. The molecular weight excluding hydrogens is 378 g/mol. The molecule has 0 saturated heterocycles. The molecule has 0 heterocycles. The fourth-order valence-electron chi connectivity index (χ4n) is 2.00. The highest BCUT2D eigenvalue weighted by Crippen LogP contribution is 2.26. The molecule has 1 amide bonds. The number of nitrogens with one attached hydrogen (secondary N) is 1. The fraction of sp³-hybridized carbons (Fsp3) is 0.278. The molecule has 2 aromatic rings. The van der Waals surface area contributed by atoms with Crippen molar-refractivity contribution < 1.29 is 9.53 Å². The first-order valence-corrected chi connectivity index (χ1v) is 8.68. The number of carbonyl (C=O) groups is 1. The van der Waals surface area contributed by atoms with Crippen molar-refractivity contribution in [1.82, 2.24) is 0 Å². The van der Waals surface area contributed by atoms with Gasteiger partial charge in [0.1, 0.15) is 5.75 Å². The molecule has 3 nitrogen and oxygen atoms in total. The number of ether oxygens (including phenoxy) is 1. The lowest BCUT2D eigenvalue weighted by molar-refractivity contribution is 0.102. The quantitative estimate of drug-likeness (QED) is 0.623. The first kappa shape index (κ1) is 17.8. The van der Waals surface area contributed by atoms with Crippen LogP contribution >= 0.6 is 27.5 Å². The van der Waals surface area contributed by atoms with Crippen LogP contribution in [0.5, 0.6) is 5.75 Å². The summed E-state index contributed by atoms with van der Waals surface area (Å²) < 4.78 is 6.55. The van der Waals surface area contributed by atoms with Gasteiger partial charge >= 0.3 is 0 Å². The van der Waals surface area contributed by atoms with Gasteiger partial charge in [-0.3, -0.25) is 4.79 Å². The van der Waals surface area contributed by atoms with Crippen molar-refractivity contribution in [3.63, 3.8) is 0 Å². The minimum absolute atomic E-state index is 0.224. The minimum Gasteiger partial charge on any atom is -0.493 e. The van der Waals surface area contributed by atoms with Gasteiger partial charge < -0.3 is 10.1 Å². The molecule has 0 aromatic heterocycles. The molecule has 0 unspecified atom stereocenters. The summed E-state index contributed by atoms with van der Waals surface area (Å²) in [6.07, 6.45) is 1.99. The van der Waals surface area contributed by atoms with Gasteiger partial charge in [-0.15, -0.1) is 0 Å². The van der Waals surface area contributed by atoms with Crippen molar-refractivity contribution in [3.8, 4) is 5.75 Å². The number of amides is 1. The predicted octanol–water partition coefficient (Wildman–Crippen LogP) is 5.84. The second-order valence-corrected chi connectivity index (χ2v) is 6.58. The summed E-state index contributed by atoms with van der Waals surface area (Å²) in [7, 11) is 0. The largest absolute Gasteiger partial charge is 0.493 e. The maximum atomic E-state index is 12.6. The zero-order chi connectivity index (χ0) is 16.8. The highest BCUT2D eigenvalue weighted by Gasteiger charge is 2.14. The Bertz CT molecular complexity index is 703. The molecule has 0 aliphatic carbocycles. The van der Waals surface area contributed by atoms with E-state index >= 15 is 0 Å². The van der Waals surface area contributed by atoms with Gasteiger partial charge in [-0.2, -0.15) is 0 Å². The number of hydrogen-bond acceptors (Lipinski definition) is 2. The van der Waals surface area contributed by atoms with Crippen LogP contribution in [-0.2, 0) is 0 Å². The molecular formula is C18H19BrClNO2. The van der Waals surface area contributed by atoms with Gasteiger partial charge in [-0.05, 0) is 49.2 Å². The van der Waals surface area contributed by atoms with Gasteiger partial charge in [-0.25, -0.2) is 0 Å². The molecule has 0 bridgehead atoms. The Hall–Kier alpha value is -1.52. The molecule has 0 aliphatic rings. The van der Waals surface area contributed by atoms with E-state index in [1.54, 1.807) is 18.2 Å². The van der Waals surface area contributed by atoms with Crippen molar-refractivity contribution >= 4 is 39.1 Å². The lowest BCUT2D eigenvalue weighted by Gasteiger charge is -2.12. The molecule has 122 valence electrons. The molecule has 0 fully saturated rings. The van der Waals surface area contributed by atoms with Gasteiger partial charge in [0.25, 0.3) is 5.91 Å². The number of benzene rings is 2. The van der Waals surface area contributed by atoms with E-state index in [0.717, 1.165) is 22.9 Å². The summed E-state index contributed by atoms with van der Waals surface area (Å²) >= 11 is 9.50. The number of anilines is 1. The van der Waals surface area contributed by atoms with Gasteiger partial charge in [0.15, 0.2) is 0 Å². The summed E-state index contributed by atoms with van der Waals surface area (Å²) in [6, 6.07) is 10.9. The van der Waals surface area contributed by atoms with E-state index in [2.05, 4.69) is 28.2 Å². The first-order valence-electron chi connectivity index (χ1n) is 7.51. The van der Waals surface area contributed by atoms with Crippen molar-refractivity contribution in [2.75, 3.05) is 11.9 Å². The van der Waals surface area contributed by atoms with E-state index in [4.69, 9.17) is 16.3 Å². The van der Waals surface area contributed by atoms with Crippen molar-refractivity contribution in [3.05, 3.63) is 57.0 Å². The normalized spacial score (nSPS) is 10.4. The highest BCUT2D eigenvalue weighted by molar-refractivity contribution is 9.10. The fourth-order valence-corrected chi connectivity index (χ4v) is 2.54. The van der Waals surface area contributed by atoms with E-state index in [1.807, 2.05) is 25.1 Å². The van der Waals surface area contributed by atoms with Gasteiger partial charge in [0.05, 0.1) is 12.2 Å². The van der Waals surface area contributed by atoms with E-state index in [-0.39, 0.29) is 5.91 Å². The van der Waals surface area contributed by atoms with Gasteiger partial charge in [-0.1, -0.05) is 46.9 Å². The smallest absolute Gasteiger partial charge is 0.259 e. The van der Waals surface area contributed by atoms with Crippen LogP contribution < -0.4 is 10.1 Å². The van der Waals surface area contributed by atoms with Crippen LogP contribution in [0.25, 0.3) is 0 Å². The Morgan fingerprint density at radius 2 is 2.04 bits per heavy atom. The first-order chi connectivity index (χ1) is 11.0. The second kappa shape index (κ2) is 8.37. The van der Waals surface area contributed by atoms with Crippen molar-refractivity contribution in [1.29, 1.82) is 0 Å². The third-order valence-corrected chi connectivity index (χ3v) is 4.27. The van der Waals surface area contributed by atoms with Crippen molar-refractivity contribution in [2.24, 2.45) is 0 Å². The molecule has 0 saturated carbocycles. The third kappa shape index (κ3) is 4.98. The lowest BCUT2D eigenvalue weighted by Crippen LogP contribution is -2.14. The van der Waals surface area contributed by atoms with Crippen LogP contribution in [0.15, 0.2) is 40.9 Å². The Kier molecular flexibility index (Phi) is 6.48.